The molecule has 1 atom stereocenters. The molecule has 1 fully saturated rings. The van der Waals surface area contributed by atoms with Crippen molar-refractivity contribution in [1.82, 2.24) is 4.90 Å². The number of hydrogen-bond acceptors (Lipinski definition) is 4. The normalized spacial score (nSPS) is 15.3. The van der Waals surface area contributed by atoms with Crippen LogP contribution in [-0.2, 0) is 4.79 Å². The number of carbonyl (C=O) groups is 2. The molecular formula is C21H22BrFN2O3. The van der Waals surface area contributed by atoms with Gasteiger partial charge in [-0.1, -0.05) is 15.9 Å². The molecule has 3 rings (SSSR count). The maximum atomic E-state index is 14.4. The van der Waals surface area contributed by atoms with Crippen LogP contribution in [0.4, 0.5) is 10.1 Å². The summed E-state index contributed by atoms with van der Waals surface area (Å²) in [5.41, 5.74) is 0.810. The van der Waals surface area contributed by atoms with E-state index in [2.05, 4.69) is 15.9 Å². The third kappa shape index (κ3) is 4.70. The summed E-state index contributed by atoms with van der Waals surface area (Å²) in [6.45, 7) is 5.16. The predicted molar refractivity (Wildman–Crippen MR) is 109 cm³/mol. The van der Waals surface area contributed by atoms with Gasteiger partial charge >= 0.3 is 0 Å². The van der Waals surface area contributed by atoms with Crippen LogP contribution in [-0.4, -0.2) is 48.9 Å². The lowest BCUT2D eigenvalue weighted by atomic mass is 10.1. The van der Waals surface area contributed by atoms with E-state index >= 15 is 0 Å². The Labute approximate surface area is 172 Å². The van der Waals surface area contributed by atoms with E-state index < -0.39 is 11.9 Å². The van der Waals surface area contributed by atoms with Crippen molar-refractivity contribution < 1.29 is 18.7 Å². The van der Waals surface area contributed by atoms with Crippen LogP contribution in [0.15, 0.2) is 46.9 Å². The molecule has 1 heterocycles. The summed E-state index contributed by atoms with van der Waals surface area (Å²) in [7, 11) is 0. The Morgan fingerprint density at radius 2 is 1.71 bits per heavy atom. The van der Waals surface area contributed by atoms with Crippen molar-refractivity contribution in [1.29, 1.82) is 0 Å². The molecule has 1 aliphatic rings. The summed E-state index contributed by atoms with van der Waals surface area (Å²) in [4.78, 5) is 27.7. The zero-order valence-corrected chi connectivity index (χ0v) is 17.4. The zero-order valence-electron chi connectivity index (χ0n) is 15.8. The second-order valence-corrected chi connectivity index (χ2v) is 7.66. The van der Waals surface area contributed by atoms with Gasteiger partial charge in [0.15, 0.2) is 11.9 Å². The largest absolute Gasteiger partial charge is 0.481 e. The molecule has 5 nitrogen and oxygen atoms in total. The van der Waals surface area contributed by atoms with E-state index in [-0.39, 0.29) is 11.7 Å². The molecule has 0 spiro atoms. The second kappa shape index (κ2) is 8.73. The minimum absolute atomic E-state index is 0.0880. The van der Waals surface area contributed by atoms with Gasteiger partial charge in [-0.15, -0.1) is 0 Å². The van der Waals surface area contributed by atoms with Crippen molar-refractivity contribution in [3.8, 4) is 5.75 Å². The molecule has 0 saturated carbocycles. The molecule has 2 aromatic carbocycles. The maximum absolute atomic E-state index is 14.4. The van der Waals surface area contributed by atoms with Gasteiger partial charge in [-0.25, -0.2) is 4.39 Å². The molecule has 1 unspecified atom stereocenters. The standard InChI is InChI=1S/C21H22BrFN2O3/c1-14(26)16-3-8-20(19(23)13-16)24-9-11-25(12-10-24)21(27)15(2)28-18-6-4-17(22)5-7-18/h3-8,13,15H,9-12H2,1-2H3. The van der Waals surface area contributed by atoms with E-state index in [1.165, 1.54) is 13.0 Å². The quantitative estimate of drug-likeness (QED) is 0.650. The van der Waals surface area contributed by atoms with E-state index in [1.807, 2.05) is 17.0 Å². The molecule has 1 aliphatic heterocycles. The van der Waals surface area contributed by atoms with Gasteiger partial charge in [-0.05, 0) is 56.3 Å². The Balaban J connectivity index is 1.58. The summed E-state index contributed by atoms with van der Waals surface area (Å²) in [5, 5.41) is 0. The summed E-state index contributed by atoms with van der Waals surface area (Å²) in [5.74, 6) is -0.0367. The number of anilines is 1. The van der Waals surface area contributed by atoms with Gasteiger partial charge in [0.2, 0.25) is 0 Å². The van der Waals surface area contributed by atoms with Gasteiger partial charge in [0, 0.05) is 36.2 Å². The van der Waals surface area contributed by atoms with Crippen LogP contribution in [0.25, 0.3) is 0 Å². The lowest BCUT2D eigenvalue weighted by Gasteiger charge is -2.37. The fourth-order valence-electron chi connectivity index (χ4n) is 3.17. The average Bonchev–Trinajstić information content (AvgIpc) is 2.69. The number of carbonyl (C=O) groups excluding carboxylic acids is 2. The van der Waals surface area contributed by atoms with Crippen LogP contribution in [0, 0.1) is 5.82 Å². The van der Waals surface area contributed by atoms with Crippen LogP contribution in [0.3, 0.4) is 0 Å². The first kappa shape index (κ1) is 20.3. The van der Waals surface area contributed by atoms with Gasteiger partial charge < -0.3 is 14.5 Å². The summed E-state index contributed by atoms with van der Waals surface area (Å²) in [6.07, 6.45) is -0.598. The number of Topliss-reactive ketones (excluding diaryl/α,β-unsaturated/α-hetero) is 1. The first-order valence-electron chi connectivity index (χ1n) is 9.11. The topological polar surface area (TPSA) is 49.9 Å². The maximum Gasteiger partial charge on any atom is 0.263 e. The molecule has 7 heteroatoms. The predicted octanol–water partition coefficient (Wildman–Crippen LogP) is 3.91. The molecule has 28 heavy (non-hydrogen) atoms. The Morgan fingerprint density at radius 3 is 2.29 bits per heavy atom. The number of benzene rings is 2. The third-order valence-electron chi connectivity index (χ3n) is 4.76. The molecule has 1 amide bonds. The lowest BCUT2D eigenvalue weighted by molar-refractivity contribution is -0.138. The van der Waals surface area contributed by atoms with Gasteiger partial charge in [-0.3, -0.25) is 9.59 Å². The molecule has 1 saturated heterocycles. The van der Waals surface area contributed by atoms with Crippen LogP contribution in [0.1, 0.15) is 24.2 Å². The molecule has 2 aromatic rings. The van der Waals surface area contributed by atoms with E-state index in [4.69, 9.17) is 4.74 Å². The summed E-state index contributed by atoms with van der Waals surface area (Å²) in [6, 6.07) is 11.9. The molecular weight excluding hydrogens is 427 g/mol. The first-order valence-corrected chi connectivity index (χ1v) is 9.91. The molecule has 148 valence electrons. The van der Waals surface area contributed by atoms with Crippen LogP contribution >= 0.6 is 15.9 Å². The number of amides is 1. The van der Waals surface area contributed by atoms with Crippen LogP contribution < -0.4 is 9.64 Å². The minimum atomic E-state index is -0.598. The molecule has 0 aromatic heterocycles. The highest BCUT2D eigenvalue weighted by atomic mass is 79.9. The van der Waals surface area contributed by atoms with Gasteiger partial charge in [0.1, 0.15) is 11.6 Å². The van der Waals surface area contributed by atoms with Crippen molar-refractivity contribution in [2.24, 2.45) is 0 Å². The van der Waals surface area contributed by atoms with Crippen molar-refractivity contribution in [2.45, 2.75) is 20.0 Å². The number of piperazine rings is 1. The highest BCUT2D eigenvalue weighted by Gasteiger charge is 2.27. The Hall–Kier alpha value is -2.41. The van der Waals surface area contributed by atoms with E-state index in [9.17, 15) is 14.0 Å². The molecule has 0 radical (unpaired) electrons. The SMILES string of the molecule is CC(=O)c1ccc(N2CCN(C(=O)C(C)Oc3ccc(Br)cc3)CC2)c(F)c1. The fourth-order valence-corrected chi connectivity index (χ4v) is 3.44. The zero-order chi connectivity index (χ0) is 20.3. The van der Waals surface area contributed by atoms with E-state index in [1.54, 1.807) is 36.1 Å². The van der Waals surface area contributed by atoms with Gasteiger partial charge in [0.05, 0.1) is 5.69 Å². The minimum Gasteiger partial charge on any atom is -0.481 e. The first-order chi connectivity index (χ1) is 13.3. The number of rotatable bonds is 5. The Bertz CT molecular complexity index is 864. The smallest absolute Gasteiger partial charge is 0.263 e. The second-order valence-electron chi connectivity index (χ2n) is 6.75. The molecule has 0 N–H and O–H groups in total. The number of ketones is 1. The van der Waals surface area contributed by atoms with E-state index in [0.717, 1.165) is 4.47 Å². The number of halogens is 2. The van der Waals surface area contributed by atoms with Crippen LogP contribution in [0.5, 0.6) is 5.75 Å². The van der Waals surface area contributed by atoms with Crippen molar-refractivity contribution >= 4 is 33.3 Å². The third-order valence-corrected chi connectivity index (χ3v) is 5.29. The van der Waals surface area contributed by atoms with Crippen molar-refractivity contribution in [2.75, 3.05) is 31.1 Å². The average molecular weight is 449 g/mol. The number of ether oxygens (including phenoxy) is 1. The fraction of sp³-hybridized carbons (Fsp3) is 0.333. The van der Waals surface area contributed by atoms with Crippen molar-refractivity contribution in [3.63, 3.8) is 0 Å². The van der Waals surface area contributed by atoms with Crippen molar-refractivity contribution in [3.05, 3.63) is 58.3 Å². The van der Waals surface area contributed by atoms with Crippen LogP contribution in [0.2, 0.25) is 0 Å². The number of nitrogens with zero attached hydrogens (tertiary/aromatic N) is 2. The highest BCUT2D eigenvalue weighted by Crippen LogP contribution is 2.23. The monoisotopic (exact) mass is 448 g/mol. The van der Waals surface area contributed by atoms with Gasteiger partial charge in [0.25, 0.3) is 5.91 Å². The summed E-state index contributed by atoms with van der Waals surface area (Å²) >= 11 is 3.37. The van der Waals surface area contributed by atoms with Gasteiger partial charge in [-0.2, -0.15) is 0 Å². The lowest BCUT2D eigenvalue weighted by Crippen LogP contribution is -2.52. The van der Waals surface area contributed by atoms with E-state index in [0.29, 0.717) is 43.2 Å². The summed E-state index contributed by atoms with van der Waals surface area (Å²) < 4.78 is 21.0. The Kier molecular flexibility index (Phi) is 6.34. The molecule has 0 aliphatic carbocycles. The molecule has 0 bridgehead atoms. The number of hydrogen-bond donors (Lipinski definition) is 0. The Morgan fingerprint density at radius 1 is 1.07 bits per heavy atom. The highest BCUT2D eigenvalue weighted by molar-refractivity contribution is 9.10.